The topological polar surface area (TPSA) is 49.9 Å². The van der Waals surface area contributed by atoms with Gasteiger partial charge in [0.05, 0.1) is 7.11 Å². The molecule has 0 aromatic heterocycles. The molecule has 0 bridgehead atoms. The van der Waals surface area contributed by atoms with Crippen LogP contribution in [0.15, 0.2) is 0 Å². The van der Waals surface area contributed by atoms with E-state index in [0.717, 1.165) is 4.47 Å². The van der Waals surface area contributed by atoms with Crippen LogP contribution >= 0.6 is 0 Å². The molecule has 0 heterocycles. The molecule has 12 heavy (non-hydrogen) atoms. The smallest absolute Gasteiger partial charge is 0.287 e. The van der Waals surface area contributed by atoms with Crippen molar-refractivity contribution in [2.75, 3.05) is 27.2 Å². The van der Waals surface area contributed by atoms with Crippen LogP contribution in [0.4, 0.5) is 0 Å². The largest absolute Gasteiger partial charge is 0.303 e. The molecule has 0 aliphatic carbocycles. The lowest BCUT2D eigenvalue weighted by atomic mass is 10.7. The fourth-order valence-electron chi connectivity index (χ4n) is 0.807. The summed E-state index contributed by atoms with van der Waals surface area (Å²) < 4.78 is 25.1. The van der Waals surface area contributed by atoms with Crippen LogP contribution in [-0.4, -0.2) is 44.4 Å². The molecular weight excluding hydrogens is 180 g/mol. The van der Waals surface area contributed by atoms with E-state index in [2.05, 4.69) is 4.84 Å². The lowest BCUT2D eigenvalue weighted by Gasteiger charge is -2.23. The zero-order chi connectivity index (χ0) is 9.78. The van der Waals surface area contributed by atoms with Crippen LogP contribution in [0.1, 0.15) is 13.8 Å². The van der Waals surface area contributed by atoms with Gasteiger partial charge in [-0.05, 0) is 0 Å². The van der Waals surface area contributed by atoms with Crippen molar-refractivity contribution in [1.29, 1.82) is 0 Å². The summed E-state index contributed by atoms with van der Waals surface area (Å²) in [6.07, 6.45) is 0. The molecule has 0 aliphatic rings. The number of rotatable bonds is 5. The summed E-state index contributed by atoms with van der Waals surface area (Å²) in [5, 5.41) is 0. The van der Waals surface area contributed by atoms with Crippen LogP contribution in [-0.2, 0) is 15.0 Å². The molecule has 0 radical (unpaired) electrons. The first-order chi connectivity index (χ1) is 5.50. The van der Waals surface area contributed by atoms with Gasteiger partial charge in [0.1, 0.15) is 0 Å². The molecule has 0 aromatic rings. The fraction of sp³-hybridized carbons (Fsp3) is 1.00. The Morgan fingerprint density at radius 2 is 1.67 bits per heavy atom. The number of hydroxylamine groups is 1. The molecule has 0 spiro atoms. The van der Waals surface area contributed by atoms with Crippen molar-refractivity contribution in [3.05, 3.63) is 0 Å². The third-order valence-corrected chi connectivity index (χ3v) is 3.58. The molecule has 0 N–H and O–H groups in total. The first-order valence-corrected chi connectivity index (χ1v) is 5.18. The summed E-state index contributed by atoms with van der Waals surface area (Å²) in [6.45, 7) is 4.47. The van der Waals surface area contributed by atoms with Gasteiger partial charge in [-0.15, -0.1) is 0 Å². The van der Waals surface area contributed by atoms with Gasteiger partial charge < -0.3 is 0 Å². The van der Waals surface area contributed by atoms with Crippen molar-refractivity contribution >= 4 is 10.2 Å². The predicted octanol–water partition coefficient (Wildman–Crippen LogP) is 0.0662. The molecule has 0 amide bonds. The van der Waals surface area contributed by atoms with E-state index in [-0.39, 0.29) is 0 Å². The summed E-state index contributed by atoms with van der Waals surface area (Å²) in [5.74, 6) is 0. The SMILES string of the molecule is CCN(CC)S(=O)(=O)N(C)OC. The molecule has 0 unspecified atom stereocenters. The standard InChI is InChI=1S/C6H16N2O3S/c1-5-8(6-2)12(9,10)7(3)11-4/h5-6H2,1-4H3. The summed E-state index contributed by atoms with van der Waals surface area (Å²) in [6, 6.07) is 0. The van der Waals surface area contributed by atoms with Crippen LogP contribution in [0, 0.1) is 0 Å². The maximum atomic E-state index is 11.5. The lowest BCUT2D eigenvalue weighted by Crippen LogP contribution is -2.41. The molecule has 0 saturated heterocycles. The van der Waals surface area contributed by atoms with Gasteiger partial charge in [0.2, 0.25) is 0 Å². The van der Waals surface area contributed by atoms with E-state index < -0.39 is 10.2 Å². The van der Waals surface area contributed by atoms with E-state index in [9.17, 15) is 8.42 Å². The van der Waals surface area contributed by atoms with E-state index in [0.29, 0.717) is 13.1 Å². The highest BCUT2D eigenvalue weighted by atomic mass is 32.2. The van der Waals surface area contributed by atoms with Crippen molar-refractivity contribution in [2.45, 2.75) is 13.8 Å². The maximum absolute atomic E-state index is 11.5. The van der Waals surface area contributed by atoms with Crippen molar-refractivity contribution in [1.82, 2.24) is 8.77 Å². The van der Waals surface area contributed by atoms with E-state index in [1.807, 2.05) is 0 Å². The van der Waals surface area contributed by atoms with Crippen LogP contribution in [0.3, 0.4) is 0 Å². The highest BCUT2D eigenvalue weighted by Crippen LogP contribution is 2.04. The van der Waals surface area contributed by atoms with Crippen LogP contribution < -0.4 is 0 Å². The van der Waals surface area contributed by atoms with Gasteiger partial charge in [-0.1, -0.05) is 18.3 Å². The summed E-state index contributed by atoms with van der Waals surface area (Å²) in [4.78, 5) is 4.60. The Morgan fingerprint density at radius 1 is 1.25 bits per heavy atom. The van der Waals surface area contributed by atoms with Gasteiger partial charge in [0.25, 0.3) is 0 Å². The molecule has 5 nitrogen and oxygen atoms in total. The van der Waals surface area contributed by atoms with Gasteiger partial charge in [-0.3, -0.25) is 4.84 Å². The fourth-order valence-corrected chi connectivity index (χ4v) is 1.97. The minimum atomic E-state index is -3.41. The Kier molecular flexibility index (Phi) is 4.69. The Bertz CT molecular complexity index is 211. The van der Waals surface area contributed by atoms with Crippen LogP contribution in [0.5, 0.6) is 0 Å². The second kappa shape index (κ2) is 4.76. The Hall–Kier alpha value is -0.170. The number of nitrogens with zero attached hydrogens (tertiary/aromatic N) is 2. The minimum Gasteiger partial charge on any atom is -0.287 e. The number of hydrogen-bond acceptors (Lipinski definition) is 3. The Balaban J connectivity index is 4.58. The van der Waals surface area contributed by atoms with Gasteiger partial charge in [0, 0.05) is 20.1 Å². The Morgan fingerprint density at radius 3 is 1.92 bits per heavy atom. The van der Waals surface area contributed by atoms with Gasteiger partial charge in [0.15, 0.2) is 0 Å². The second-order valence-electron chi connectivity index (χ2n) is 2.18. The first-order valence-electron chi connectivity index (χ1n) is 3.78. The average Bonchev–Trinajstić information content (AvgIpc) is 2.04. The quantitative estimate of drug-likeness (QED) is 0.584. The molecular formula is C6H16N2O3S. The summed E-state index contributed by atoms with van der Waals surface area (Å²) in [7, 11) is -0.718. The van der Waals surface area contributed by atoms with E-state index in [1.165, 1.54) is 18.5 Å². The molecule has 0 aromatic carbocycles. The summed E-state index contributed by atoms with van der Waals surface area (Å²) >= 11 is 0. The molecule has 74 valence electrons. The minimum absolute atomic E-state index is 0.451. The third-order valence-electron chi connectivity index (χ3n) is 1.61. The van der Waals surface area contributed by atoms with E-state index in [4.69, 9.17) is 0 Å². The lowest BCUT2D eigenvalue weighted by molar-refractivity contribution is -0.0314. The van der Waals surface area contributed by atoms with Crippen LogP contribution in [0.25, 0.3) is 0 Å². The molecule has 6 heteroatoms. The maximum Gasteiger partial charge on any atom is 0.303 e. The second-order valence-corrected chi connectivity index (χ2v) is 4.11. The Labute approximate surface area is 74.0 Å². The monoisotopic (exact) mass is 196 g/mol. The third kappa shape index (κ3) is 2.41. The molecule has 0 atom stereocenters. The van der Waals surface area contributed by atoms with Crippen molar-refractivity contribution in [2.24, 2.45) is 0 Å². The predicted molar refractivity (Wildman–Crippen MR) is 46.6 cm³/mol. The van der Waals surface area contributed by atoms with E-state index in [1.54, 1.807) is 13.8 Å². The van der Waals surface area contributed by atoms with Crippen molar-refractivity contribution in [3.8, 4) is 0 Å². The molecule has 0 fully saturated rings. The molecule has 0 aliphatic heterocycles. The highest BCUT2D eigenvalue weighted by molar-refractivity contribution is 7.86. The zero-order valence-corrected chi connectivity index (χ0v) is 8.76. The number of hydrogen-bond donors (Lipinski definition) is 0. The normalized spacial score (nSPS) is 12.8. The molecule has 0 saturated carbocycles. The molecule has 0 rings (SSSR count). The highest BCUT2D eigenvalue weighted by Gasteiger charge is 2.23. The average molecular weight is 196 g/mol. The van der Waals surface area contributed by atoms with Crippen LogP contribution in [0.2, 0.25) is 0 Å². The van der Waals surface area contributed by atoms with Gasteiger partial charge in [-0.25, -0.2) is 0 Å². The van der Waals surface area contributed by atoms with Crippen molar-refractivity contribution in [3.63, 3.8) is 0 Å². The first kappa shape index (κ1) is 11.8. The summed E-state index contributed by atoms with van der Waals surface area (Å²) in [5.41, 5.74) is 0. The zero-order valence-electron chi connectivity index (χ0n) is 7.94. The van der Waals surface area contributed by atoms with Crippen molar-refractivity contribution < 1.29 is 13.3 Å². The van der Waals surface area contributed by atoms with Gasteiger partial charge in [-0.2, -0.15) is 12.7 Å². The van der Waals surface area contributed by atoms with Gasteiger partial charge >= 0.3 is 10.2 Å². The van der Waals surface area contributed by atoms with E-state index >= 15 is 0 Å².